The quantitative estimate of drug-likeness (QED) is 0.846. The molecule has 126 valence electrons. The zero-order valence-electron chi connectivity index (χ0n) is 13.5. The first kappa shape index (κ1) is 16.2. The third-order valence-corrected chi connectivity index (χ3v) is 3.67. The summed E-state index contributed by atoms with van der Waals surface area (Å²) in [6.45, 7) is 0.435. The maximum atomic E-state index is 8.97. The van der Waals surface area contributed by atoms with E-state index in [0.717, 1.165) is 22.6 Å². The minimum absolute atomic E-state index is 0.0322. The van der Waals surface area contributed by atoms with Gasteiger partial charge in [0.25, 0.3) is 0 Å². The molecule has 5 heteroatoms. The standard InChI is InChI=1S/C19H20O5/c1-21-16-7-5-14(6-8-16)3-2-4-15-11-18-19(24-13-23-18)12-17(15)22-10-9-20/h2-3,5-8,11-12,20H,4,9-10,13H2,1H3/b3-2+. The molecule has 0 atom stereocenters. The highest BCUT2D eigenvalue weighted by atomic mass is 16.7. The summed E-state index contributed by atoms with van der Waals surface area (Å²) in [5.74, 6) is 2.93. The van der Waals surface area contributed by atoms with Crippen molar-refractivity contribution in [1.82, 2.24) is 0 Å². The summed E-state index contributed by atoms with van der Waals surface area (Å²) in [7, 11) is 1.65. The number of aliphatic hydroxyl groups is 1. The largest absolute Gasteiger partial charge is 0.497 e. The minimum atomic E-state index is -0.0322. The molecular weight excluding hydrogens is 308 g/mol. The number of benzene rings is 2. The van der Waals surface area contributed by atoms with Crippen LogP contribution in [0.2, 0.25) is 0 Å². The Bertz CT molecular complexity index is 706. The van der Waals surface area contributed by atoms with E-state index in [9.17, 15) is 0 Å². The minimum Gasteiger partial charge on any atom is -0.497 e. The second kappa shape index (κ2) is 7.75. The molecule has 1 aliphatic heterocycles. The van der Waals surface area contributed by atoms with Crippen LogP contribution in [0.4, 0.5) is 0 Å². The van der Waals surface area contributed by atoms with E-state index in [-0.39, 0.29) is 20.0 Å². The van der Waals surface area contributed by atoms with Crippen LogP contribution in [0.15, 0.2) is 42.5 Å². The van der Waals surface area contributed by atoms with Gasteiger partial charge in [-0.05, 0) is 30.2 Å². The number of methoxy groups -OCH3 is 1. The molecule has 0 amide bonds. The molecule has 2 aromatic rings. The maximum absolute atomic E-state index is 8.97. The van der Waals surface area contributed by atoms with Crippen molar-refractivity contribution in [2.45, 2.75) is 6.42 Å². The lowest BCUT2D eigenvalue weighted by atomic mass is 10.1. The molecule has 2 aromatic carbocycles. The summed E-state index contributed by atoms with van der Waals surface area (Å²) in [5, 5.41) is 8.97. The van der Waals surface area contributed by atoms with Gasteiger partial charge in [0.05, 0.1) is 13.7 Å². The van der Waals surface area contributed by atoms with Gasteiger partial charge in [-0.15, -0.1) is 0 Å². The van der Waals surface area contributed by atoms with E-state index in [2.05, 4.69) is 6.08 Å². The molecular formula is C19H20O5. The molecule has 0 saturated heterocycles. The zero-order chi connectivity index (χ0) is 16.8. The predicted octanol–water partition coefficient (Wildman–Crippen LogP) is 3.05. The first-order valence-electron chi connectivity index (χ1n) is 7.77. The Morgan fingerprint density at radius 1 is 1.12 bits per heavy atom. The lowest BCUT2D eigenvalue weighted by molar-refractivity contribution is 0.173. The summed E-state index contributed by atoms with van der Waals surface area (Å²) in [4.78, 5) is 0. The summed E-state index contributed by atoms with van der Waals surface area (Å²) in [6, 6.07) is 11.6. The zero-order valence-corrected chi connectivity index (χ0v) is 13.5. The second-order valence-corrected chi connectivity index (χ2v) is 5.26. The molecule has 0 unspecified atom stereocenters. The first-order valence-corrected chi connectivity index (χ1v) is 7.77. The highest BCUT2D eigenvalue weighted by molar-refractivity contribution is 5.55. The van der Waals surface area contributed by atoms with Crippen LogP contribution < -0.4 is 18.9 Å². The van der Waals surface area contributed by atoms with Crippen molar-refractivity contribution < 1.29 is 24.1 Å². The smallest absolute Gasteiger partial charge is 0.231 e. The summed E-state index contributed by atoms with van der Waals surface area (Å²) < 4.78 is 21.6. The molecule has 1 N–H and O–H groups in total. The van der Waals surface area contributed by atoms with Crippen molar-refractivity contribution in [3.8, 4) is 23.0 Å². The van der Waals surface area contributed by atoms with Crippen molar-refractivity contribution in [3.63, 3.8) is 0 Å². The molecule has 0 spiro atoms. The number of allylic oxidation sites excluding steroid dienone is 1. The van der Waals surface area contributed by atoms with Crippen molar-refractivity contribution in [2.75, 3.05) is 27.1 Å². The summed E-state index contributed by atoms with van der Waals surface area (Å²) in [5.41, 5.74) is 2.08. The van der Waals surface area contributed by atoms with Crippen molar-refractivity contribution >= 4 is 6.08 Å². The third kappa shape index (κ3) is 3.81. The highest BCUT2D eigenvalue weighted by Crippen LogP contribution is 2.38. The lowest BCUT2D eigenvalue weighted by Gasteiger charge is -2.10. The fraction of sp³-hybridized carbons (Fsp3) is 0.263. The van der Waals surface area contributed by atoms with Crippen molar-refractivity contribution in [3.05, 3.63) is 53.6 Å². The van der Waals surface area contributed by atoms with Crippen LogP contribution in [0.3, 0.4) is 0 Å². The molecule has 3 rings (SSSR count). The van der Waals surface area contributed by atoms with Gasteiger partial charge in [-0.2, -0.15) is 0 Å². The van der Waals surface area contributed by atoms with Gasteiger partial charge in [0.2, 0.25) is 6.79 Å². The molecule has 0 fully saturated rings. The van der Waals surface area contributed by atoms with Crippen LogP contribution in [0.1, 0.15) is 11.1 Å². The van der Waals surface area contributed by atoms with E-state index in [0.29, 0.717) is 17.9 Å². The number of rotatable bonds is 7. The van der Waals surface area contributed by atoms with Gasteiger partial charge in [0.1, 0.15) is 18.1 Å². The normalized spacial score (nSPS) is 12.6. The number of fused-ring (bicyclic) bond motifs is 1. The fourth-order valence-electron chi connectivity index (χ4n) is 2.45. The summed E-state index contributed by atoms with van der Waals surface area (Å²) >= 11 is 0. The van der Waals surface area contributed by atoms with E-state index in [4.69, 9.17) is 24.1 Å². The topological polar surface area (TPSA) is 57.2 Å². The Morgan fingerprint density at radius 3 is 2.58 bits per heavy atom. The van der Waals surface area contributed by atoms with Crippen molar-refractivity contribution in [1.29, 1.82) is 0 Å². The molecule has 24 heavy (non-hydrogen) atoms. The Morgan fingerprint density at radius 2 is 1.88 bits per heavy atom. The highest BCUT2D eigenvalue weighted by Gasteiger charge is 2.17. The lowest BCUT2D eigenvalue weighted by Crippen LogP contribution is -2.03. The van der Waals surface area contributed by atoms with Gasteiger partial charge in [-0.25, -0.2) is 0 Å². The van der Waals surface area contributed by atoms with E-state index >= 15 is 0 Å². The molecule has 0 aromatic heterocycles. The average Bonchev–Trinajstić information content (AvgIpc) is 3.07. The Kier molecular flexibility index (Phi) is 5.23. The van der Waals surface area contributed by atoms with Gasteiger partial charge in [0, 0.05) is 11.6 Å². The second-order valence-electron chi connectivity index (χ2n) is 5.26. The molecule has 1 aliphatic rings. The molecule has 0 bridgehead atoms. The Labute approximate surface area is 141 Å². The van der Waals surface area contributed by atoms with Gasteiger partial charge in [-0.1, -0.05) is 24.3 Å². The fourth-order valence-corrected chi connectivity index (χ4v) is 2.45. The first-order chi connectivity index (χ1) is 11.8. The number of aliphatic hydroxyl groups excluding tert-OH is 1. The van der Waals surface area contributed by atoms with Gasteiger partial charge >= 0.3 is 0 Å². The van der Waals surface area contributed by atoms with E-state index < -0.39 is 0 Å². The average molecular weight is 328 g/mol. The van der Waals surface area contributed by atoms with E-state index in [1.807, 2.05) is 42.5 Å². The Balaban J connectivity index is 1.74. The van der Waals surface area contributed by atoms with Gasteiger partial charge in [0.15, 0.2) is 11.5 Å². The number of hydrogen-bond acceptors (Lipinski definition) is 5. The maximum Gasteiger partial charge on any atom is 0.231 e. The van der Waals surface area contributed by atoms with Crippen LogP contribution in [-0.2, 0) is 6.42 Å². The van der Waals surface area contributed by atoms with Gasteiger partial charge in [-0.3, -0.25) is 0 Å². The van der Waals surface area contributed by atoms with Crippen LogP contribution in [0.5, 0.6) is 23.0 Å². The van der Waals surface area contributed by atoms with Crippen LogP contribution in [0, 0.1) is 0 Å². The third-order valence-electron chi connectivity index (χ3n) is 3.67. The SMILES string of the molecule is COc1ccc(/C=C/Cc2cc3c(cc2OCCO)OCO3)cc1. The van der Waals surface area contributed by atoms with Gasteiger partial charge < -0.3 is 24.1 Å². The summed E-state index contributed by atoms with van der Waals surface area (Å²) in [6.07, 6.45) is 4.79. The van der Waals surface area contributed by atoms with Crippen LogP contribution >= 0.6 is 0 Å². The molecule has 1 heterocycles. The molecule has 0 radical (unpaired) electrons. The van der Waals surface area contributed by atoms with Crippen LogP contribution in [-0.4, -0.2) is 32.2 Å². The van der Waals surface area contributed by atoms with Crippen LogP contribution in [0.25, 0.3) is 6.08 Å². The van der Waals surface area contributed by atoms with Crippen molar-refractivity contribution in [2.24, 2.45) is 0 Å². The van der Waals surface area contributed by atoms with E-state index in [1.165, 1.54) is 0 Å². The molecule has 0 saturated carbocycles. The Hall–Kier alpha value is -2.66. The number of hydrogen-bond donors (Lipinski definition) is 1. The predicted molar refractivity (Wildman–Crippen MR) is 90.9 cm³/mol. The number of ether oxygens (including phenoxy) is 4. The monoisotopic (exact) mass is 328 g/mol. The molecule has 5 nitrogen and oxygen atoms in total. The van der Waals surface area contributed by atoms with E-state index in [1.54, 1.807) is 7.11 Å². The molecule has 0 aliphatic carbocycles.